The van der Waals surface area contributed by atoms with Gasteiger partial charge in [0, 0.05) is 17.6 Å². The molecule has 0 atom stereocenters. The molecule has 0 unspecified atom stereocenters. The van der Waals surface area contributed by atoms with Crippen LogP contribution in [0.3, 0.4) is 0 Å². The van der Waals surface area contributed by atoms with E-state index in [2.05, 4.69) is 39.9 Å². The number of anilines is 1. The van der Waals surface area contributed by atoms with Gasteiger partial charge in [-0.25, -0.2) is 0 Å². The van der Waals surface area contributed by atoms with Crippen molar-refractivity contribution in [3.63, 3.8) is 0 Å². The zero-order chi connectivity index (χ0) is 12.3. The minimum Gasteiger partial charge on any atom is -0.370 e. The Bertz CT molecular complexity index is 428. The van der Waals surface area contributed by atoms with E-state index in [-0.39, 0.29) is 0 Å². The average molecular weight is 293 g/mol. The molecule has 1 aliphatic heterocycles. The summed E-state index contributed by atoms with van der Waals surface area (Å²) in [6.07, 6.45) is 3.76. The van der Waals surface area contributed by atoms with E-state index in [1.54, 1.807) is 0 Å². The molecule has 0 radical (unpaired) electrons. The minimum absolute atomic E-state index is 0.766. The highest BCUT2D eigenvalue weighted by Gasteiger charge is 2.20. The number of nitriles is 1. The van der Waals surface area contributed by atoms with Gasteiger partial charge in [-0.05, 0) is 46.8 Å². The summed E-state index contributed by atoms with van der Waals surface area (Å²) in [4.78, 5) is 2.34. The molecule has 2 rings (SSSR count). The van der Waals surface area contributed by atoms with Crippen molar-refractivity contribution in [2.24, 2.45) is 5.92 Å². The fraction of sp³-hybridized carbons (Fsp3) is 0.500. The van der Waals surface area contributed by atoms with Crippen LogP contribution >= 0.6 is 15.9 Å². The van der Waals surface area contributed by atoms with Gasteiger partial charge in [0.1, 0.15) is 6.07 Å². The summed E-state index contributed by atoms with van der Waals surface area (Å²) in [6, 6.07) is 8.29. The van der Waals surface area contributed by atoms with Crippen LogP contribution in [0.5, 0.6) is 0 Å². The number of hydrogen-bond donors (Lipinski definition) is 0. The number of benzene rings is 1. The van der Waals surface area contributed by atoms with Crippen molar-refractivity contribution >= 4 is 21.6 Å². The maximum Gasteiger partial charge on any atom is 0.103 e. The molecular formula is C14H17BrN2. The first-order chi connectivity index (χ1) is 8.26. The van der Waals surface area contributed by atoms with Gasteiger partial charge in [0.25, 0.3) is 0 Å². The predicted molar refractivity (Wildman–Crippen MR) is 74.1 cm³/mol. The van der Waals surface area contributed by atoms with E-state index in [4.69, 9.17) is 0 Å². The van der Waals surface area contributed by atoms with Gasteiger partial charge in [-0.3, -0.25) is 0 Å². The summed E-state index contributed by atoms with van der Waals surface area (Å²) in [7, 11) is 0. The Morgan fingerprint density at radius 2 is 2.12 bits per heavy atom. The van der Waals surface area contributed by atoms with Crippen LogP contribution in [0.15, 0.2) is 22.7 Å². The van der Waals surface area contributed by atoms with E-state index >= 15 is 0 Å². The third-order valence-electron chi connectivity index (χ3n) is 3.64. The molecule has 0 N–H and O–H groups in total. The molecule has 90 valence electrons. The molecular weight excluding hydrogens is 276 g/mol. The van der Waals surface area contributed by atoms with Crippen molar-refractivity contribution in [3.05, 3.63) is 28.2 Å². The van der Waals surface area contributed by atoms with E-state index in [1.165, 1.54) is 19.3 Å². The number of nitrogens with zero attached hydrogens (tertiary/aromatic N) is 2. The highest BCUT2D eigenvalue weighted by molar-refractivity contribution is 9.10. The molecule has 2 nitrogen and oxygen atoms in total. The zero-order valence-corrected chi connectivity index (χ0v) is 11.7. The second-order valence-corrected chi connectivity index (χ2v) is 5.44. The molecule has 1 saturated heterocycles. The van der Waals surface area contributed by atoms with Crippen LogP contribution in [0.4, 0.5) is 5.69 Å². The fourth-order valence-corrected chi connectivity index (χ4v) is 2.91. The SMILES string of the molecule is CCC1CCN(c2cccc(Br)c2C#N)CC1. The molecule has 0 aliphatic carbocycles. The summed E-state index contributed by atoms with van der Waals surface area (Å²) in [5.74, 6) is 0.865. The van der Waals surface area contributed by atoms with Crippen molar-refractivity contribution in [2.75, 3.05) is 18.0 Å². The third-order valence-corrected chi connectivity index (χ3v) is 4.30. The zero-order valence-electron chi connectivity index (χ0n) is 10.1. The van der Waals surface area contributed by atoms with E-state index in [1.807, 2.05) is 12.1 Å². The molecule has 1 aromatic carbocycles. The monoisotopic (exact) mass is 292 g/mol. The molecule has 3 heteroatoms. The van der Waals surface area contributed by atoms with Crippen LogP contribution in [-0.2, 0) is 0 Å². The Balaban J connectivity index is 2.19. The van der Waals surface area contributed by atoms with Crippen molar-refractivity contribution < 1.29 is 0 Å². The minimum atomic E-state index is 0.766. The fourth-order valence-electron chi connectivity index (χ4n) is 2.47. The average Bonchev–Trinajstić information content (AvgIpc) is 2.38. The summed E-state index contributed by atoms with van der Waals surface area (Å²) in [6.45, 7) is 4.41. The number of piperidine rings is 1. The van der Waals surface area contributed by atoms with Gasteiger partial charge in [-0.1, -0.05) is 19.4 Å². The van der Waals surface area contributed by atoms with E-state index in [9.17, 15) is 5.26 Å². The Labute approximate surface area is 111 Å². The molecule has 0 saturated carbocycles. The highest BCUT2D eigenvalue weighted by atomic mass is 79.9. The molecule has 1 aromatic rings. The van der Waals surface area contributed by atoms with Crippen LogP contribution in [0.1, 0.15) is 31.7 Å². The second-order valence-electron chi connectivity index (χ2n) is 4.58. The van der Waals surface area contributed by atoms with Crippen molar-refractivity contribution in [3.8, 4) is 6.07 Å². The summed E-state index contributed by atoms with van der Waals surface area (Å²) < 4.78 is 0.898. The van der Waals surface area contributed by atoms with Crippen LogP contribution in [0.25, 0.3) is 0 Å². The quantitative estimate of drug-likeness (QED) is 0.825. The maximum atomic E-state index is 9.22. The van der Waals surface area contributed by atoms with Gasteiger partial charge >= 0.3 is 0 Å². The predicted octanol–water partition coefficient (Wildman–Crippen LogP) is 3.95. The number of halogens is 1. The first kappa shape index (κ1) is 12.4. The molecule has 0 bridgehead atoms. The lowest BCUT2D eigenvalue weighted by Crippen LogP contribution is -2.33. The van der Waals surface area contributed by atoms with Crippen LogP contribution in [0.2, 0.25) is 0 Å². The Kier molecular flexibility index (Phi) is 4.06. The highest BCUT2D eigenvalue weighted by Crippen LogP contribution is 2.30. The van der Waals surface area contributed by atoms with Gasteiger partial charge in [0.2, 0.25) is 0 Å². The molecule has 1 aliphatic rings. The summed E-state index contributed by atoms with van der Waals surface area (Å²) >= 11 is 3.45. The van der Waals surface area contributed by atoms with Gasteiger partial charge in [-0.15, -0.1) is 0 Å². The first-order valence-corrected chi connectivity index (χ1v) is 6.99. The molecule has 1 heterocycles. The second kappa shape index (κ2) is 5.55. The van der Waals surface area contributed by atoms with E-state index in [0.717, 1.165) is 34.7 Å². The lowest BCUT2D eigenvalue weighted by atomic mass is 9.94. The molecule has 1 fully saturated rings. The van der Waals surface area contributed by atoms with E-state index in [0.29, 0.717) is 0 Å². The van der Waals surface area contributed by atoms with Crippen molar-refractivity contribution in [2.45, 2.75) is 26.2 Å². The first-order valence-electron chi connectivity index (χ1n) is 6.19. The molecule has 17 heavy (non-hydrogen) atoms. The smallest absolute Gasteiger partial charge is 0.103 e. The Morgan fingerprint density at radius 1 is 1.41 bits per heavy atom. The third kappa shape index (κ3) is 2.63. The van der Waals surface area contributed by atoms with Crippen molar-refractivity contribution in [1.29, 1.82) is 5.26 Å². The van der Waals surface area contributed by atoms with Crippen LogP contribution < -0.4 is 4.90 Å². The molecule has 0 spiro atoms. The normalized spacial score (nSPS) is 16.9. The van der Waals surface area contributed by atoms with Crippen LogP contribution in [-0.4, -0.2) is 13.1 Å². The van der Waals surface area contributed by atoms with Gasteiger partial charge in [-0.2, -0.15) is 5.26 Å². The summed E-state index contributed by atoms with van der Waals surface area (Å²) in [5, 5.41) is 9.22. The summed E-state index contributed by atoms with van der Waals surface area (Å²) in [5.41, 5.74) is 1.85. The van der Waals surface area contributed by atoms with Gasteiger partial charge in [0.05, 0.1) is 11.3 Å². The Morgan fingerprint density at radius 3 is 2.71 bits per heavy atom. The largest absolute Gasteiger partial charge is 0.370 e. The van der Waals surface area contributed by atoms with Crippen LogP contribution in [0, 0.1) is 17.2 Å². The number of rotatable bonds is 2. The lowest BCUT2D eigenvalue weighted by molar-refractivity contribution is 0.395. The van der Waals surface area contributed by atoms with Crippen molar-refractivity contribution in [1.82, 2.24) is 0 Å². The molecule has 0 aromatic heterocycles. The maximum absolute atomic E-state index is 9.22. The van der Waals surface area contributed by atoms with Gasteiger partial charge < -0.3 is 4.90 Å². The topological polar surface area (TPSA) is 27.0 Å². The standard InChI is InChI=1S/C14H17BrN2/c1-2-11-6-8-17(9-7-11)14-5-3-4-13(15)12(14)10-16/h3-5,11H,2,6-9H2,1H3. The Hall–Kier alpha value is -1.01. The lowest BCUT2D eigenvalue weighted by Gasteiger charge is -2.33. The van der Waals surface area contributed by atoms with Gasteiger partial charge in [0.15, 0.2) is 0 Å². The number of hydrogen-bond acceptors (Lipinski definition) is 2. The van der Waals surface area contributed by atoms with E-state index < -0.39 is 0 Å². The molecule has 0 amide bonds.